The second kappa shape index (κ2) is 8.84. The number of aliphatic imine (C=N–C) groups is 1. The third-order valence-electron chi connectivity index (χ3n) is 3.91. The first-order valence-corrected chi connectivity index (χ1v) is 11.2. The van der Waals surface area contributed by atoms with Crippen molar-refractivity contribution in [3.63, 3.8) is 0 Å². The largest absolute Gasteiger partial charge is 0.290 e. The van der Waals surface area contributed by atoms with Crippen molar-refractivity contribution in [2.24, 2.45) is 10.1 Å². The summed E-state index contributed by atoms with van der Waals surface area (Å²) >= 11 is 4.31. The van der Waals surface area contributed by atoms with Crippen LogP contribution < -0.4 is 10.6 Å². The van der Waals surface area contributed by atoms with E-state index in [0.717, 1.165) is 6.42 Å². The molecule has 152 valence electrons. The maximum Gasteiger partial charge on any atom is 0.276 e. The molecule has 0 radical (unpaired) electrons. The van der Waals surface area contributed by atoms with Gasteiger partial charge in [0.1, 0.15) is 5.82 Å². The minimum absolute atomic E-state index is 0.0543. The van der Waals surface area contributed by atoms with Gasteiger partial charge in [-0.1, -0.05) is 11.8 Å². The van der Waals surface area contributed by atoms with Crippen LogP contribution in [-0.2, 0) is 10.2 Å². The first kappa shape index (κ1) is 21.1. The molecule has 1 fully saturated rings. The molecule has 4 N–H and O–H groups in total. The van der Waals surface area contributed by atoms with E-state index < -0.39 is 16.0 Å². The van der Waals surface area contributed by atoms with Gasteiger partial charge in [-0.3, -0.25) is 10.7 Å². The molecule has 3 rings (SSSR count). The number of aromatic nitrogens is 2. The van der Waals surface area contributed by atoms with Crippen LogP contribution in [0.5, 0.6) is 0 Å². The summed E-state index contributed by atoms with van der Waals surface area (Å²) in [6.07, 6.45) is 1.39. The van der Waals surface area contributed by atoms with Gasteiger partial charge in [-0.15, -0.1) is 0 Å². The van der Waals surface area contributed by atoms with Crippen LogP contribution in [0.1, 0.15) is 18.5 Å². The Balaban J connectivity index is 1.81. The van der Waals surface area contributed by atoms with E-state index in [0.29, 0.717) is 23.7 Å². The second-order valence-electron chi connectivity index (χ2n) is 5.87. The molecule has 2 heterocycles. The SMILES string of the molecule is NS(=O)(=O)N1CCC[C@@H](Sc2nonc2C(=Nc2ccc(F)c(Br)c2)NO)C1. The molecule has 10 nitrogen and oxygen atoms in total. The number of rotatable bonds is 5. The Morgan fingerprint density at radius 2 is 2.29 bits per heavy atom. The normalized spacial score (nSPS) is 19.0. The van der Waals surface area contributed by atoms with E-state index >= 15 is 0 Å². The number of halogens is 2. The Morgan fingerprint density at radius 3 is 2.96 bits per heavy atom. The van der Waals surface area contributed by atoms with Crippen molar-refractivity contribution in [2.45, 2.75) is 23.1 Å². The third kappa shape index (κ3) is 5.07. The van der Waals surface area contributed by atoms with Gasteiger partial charge in [-0.2, -0.15) is 12.7 Å². The lowest BCUT2D eigenvalue weighted by Crippen LogP contribution is -2.44. The summed E-state index contributed by atoms with van der Waals surface area (Å²) in [6, 6.07) is 4.07. The van der Waals surface area contributed by atoms with E-state index in [-0.39, 0.29) is 27.8 Å². The van der Waals surface area contributed by atoms with Crippen LogP contribution in [0.2, 0.25) is 0 Å². The average Bonchev–Trinajstić information content (AvgIpc) is 3.10. The van der Waals surface area contributed by atoms with Crippen LogP contribution in [0, 0.1) is 5.82 Å². The highest BCUT2D eigenvalue weighted by molar-refractivity contribution is 9.10. The molecule has 2 aromatic rings. The highest BCUT2D eigenvalue weighted by Crippen LogP contribution is 2.31. The predicted molar refractivity (Wildman–Crippen MR) is 103 cm³/mol. The lowest BCUT2D eigenvalue weighted by Gasteiger charge is -2.29. The van der Waals surface area contributed by atoms with E-state index in [1.807, 2.05) is 5.48 Å². The van der Waals surface area contributed by atoms with E-state index in [2.05, 4.69) is 31.2 Å². The maximum atomic E-state index is 13.4. The molecule has 0 aliphatic carbocycles. The minimum atomic E-state index is -3.77. The zero-order valence-corrected chi connectivity index (χ0v) is 17.5. The molecule has 0 spiro atoms. The quantitative estimate of drug-likeness (QED) is 0.323. The summed E-state index contributed by atoms with van der Waals surface area (Å²) in [5.41, 5.74) is 2.42. The van der Waals surface area contributed by atoms with Gasteiger partial charge in [-0.05, 0) is 57.3 Å². The summed E-state index contributed by atoms with van der Waals surface area (Å²) in [6.45, 7) is 0.587. The van der Waals surface area contributed by atoms with Gasteiger partial charge < -0.3 is 0 Å². The predicted octanol–water partition coefficient (Wildman–Crippen LogP) is 1.79. The Kier molecular flexibility index (Phi) is 6.67. The molecular weight excluding hydrogens is 479 g/mol. The molecule has 0 saturated carbocycles. The van der Waals surface area contributed by atoms with Gasteiger partial charge in [0.25, 0.3) is 10.2 Å². The summed E-state index contributed by atoms with van der Waals surface area (Å²) in [5.74, 6) is -0.505. The second-order valence-corrected chi connectivity index (χ2v) is 9.56. The van der Waals surface area contributed by atoms with E-state index in [1.54, 1.807) is 0 Å². The van der Waals surface area contributed by atoms with Gasteiger partial charge in [0, 0.05) is 18.3 Å². The van der Waals surface area contributed by atoms with Gasteiger partial charge in [-0.25, -0.2) is 19.2 Å². The molecule has 1 aromatic heterocycles. The highest BCUT2D eigenvalue weighted by Gasteiger charge is 2.29. The molecule has 28 heavy (non-hydrogen) atoms. The van der Waals surface area contributed by atoms with Crippen molar-refractivity contribution in [3.8, 4) is 0 Å². The molecule has 14 heteroatoms. The fourth-order valence-electron chi connectivity index (χ4n) is 2.61. The van der Waals surface area contributed by atoms with Crippen molar-refractivity contribution in [2.75, 3.05) is 13.1 Å². The summed E-state index contributed by atoms with van der Waals surface area (Å²) in [4.78, 5) is 4.19. The van der Waals surface area contributed by atoms with Crippen LogP contribution >= 0.6 is 27.7 Å². The van der Waals surface area contributed by atoms with Crippen molar-refractivity contribution >= 4 is 49.4 Å². The smallest absolute Gasteiger partial charge is 0.276 e. The zero-order valence-electron chi connectivity index (χ0n) is 14.2. The number of nitrogens with zero attached hydrogens (tertiary/aromatic N) is 4. The molecule has 0 unspecified atom stereocenters. The standard InChI is InChI=1S/C14H16BrFN6O4S2/c15-10-6-8(3-4-11(10)16)18-13(19-23)12-14(21-26-20-12)27-9-2-1-5-22(7-9)28(17,24)25/h3-4,6,9,23H,1-2,5,7H2,(H,18,19)(H2,17,24,25)/t9-/m1/s1. The molecule has 1 aliphatic rings. The van der Waals surface area contributed by atoms with E-state index in [4.69, 9.17) is 9.77 Å². The Labute approximate surface area is 172 Å². The fraction of sp³-hybridized carbons (Fsp3) is 0.357. The fourth-order valence-corrected chi connectivity index (χ4v) is 5.02. The number of amidine groups is 1. The Hall–Kier alpha value is -1.58. The van der Waals surface area contributed by atoms with Crippen molar-refractivity contribution < 1.29 is 22.6 Å². The molecule has 1 saturated heterocycles. The number of benzene rings is 1. The van der Waals surface area contributed by atoms with E-state index in [9.17, 15) is 18.0 Å². The van der Waals surface area contributed by atoms with Crippen LogP contribution in [0.4, 0.5) is 10.1 Å². The number of piperidine rings is 1. The van der Waals surface area contributed by atoms with Crippen LogP contribution in [0.25, 0.3) is 0 Å². The van der Waals surface area contributed by atoms with Crippen LogP contribution in [0.15, 0.2) is 37.3 Å². The number of nitrogens with two attached hydrogens (primary N) is 1. The maximum absolute atomic E-state index is 13.4. The number of thioether (sulfide) groups is 1. The third-order valence-corrected chi connectivity index (χ3v) is 6.78. The van der Waals surface area contributed by atoms with Crippen molar-refractivity contribution in [3.05, 3.63) is 34.2 Å². The minimum Gasteiger partial charge on any atom is -0.290 e. The molecule has 0 amide bonds. The molecule has 1 aliphatic heterocycles. The highest BCUT2D eigenvalue weighted by atomic mass is 79.9. The summed E-state index contributed by atoms with van der Waals surface area (Å²) < 4.78 is 42.7. The monoisotopic (exact) mass is 494 g/mol. The number of nitrogens with one attached hydrogen (secondary N) is 1. The molecule has 0 bridgehead atoms. The summed E-state index contributed by atoms with van der Waals surface area (Å²) in [7, 11) is -3.77. The van der Waals surface area contributed by atoms with Crippen molar-refractivity contribution in [1.82, 2.24) is 20.1 Å². The van der Waals surface area contributed by atoms with E-state index in [1.165, 1.54) is 34.3 Å². The van der Waals surface area contributed by atoms with Gasteiger partial charge in [0.05, 0.1) is 10.2 Å². The summed E-state index contributed by atoms with van der Waals surface area (Å²) in [5, 5.41) is 22.4. The van der Waals surface area contributed by atoms with Gasteiger partial charge >= 0.3 is 0 Å². The number of hydrogen-bond acceptors (Lipinski definition) is 8. The first-order valence-electron chi connectivity index (χ1n) is 7.99. The lowest BCUT2D eigenvalue weighted by molar-refractivity contribution is 0.234. The van der Waals surface area contributed by atoms with Gasteiger partial charge in [0.15, 0.2) is 16.6 Å². The topological polar surface area (TPSA) is 147 Å². The average molecular weight is 495 g/mol. The lowest BCUT2D eigenvalue weighted by atomic mass is 10.2. The Bertz CT molecular complexity index is 986. The Morgan fingerprint density at radius 1 is 1.50 bits per heavy atom. The van der Waals surface area contributed by atoms with Crippen LogP contribution in [-0.4, -0.2) is 52.4 Å². The molecule has 1 atom stereocenters. The molecular formula is C14H16BrFN6O4S2. The molecule has 1 aromatic carbocycles. The van der Waals surface area contributed by atoms with Gasteiger partial charge in [0.2, 0.25) is 0 Å². The van der Waals surface area contributed by atoms with Crippen molar-refractivity contribution in [1.29, 1.82) is 0 Å². The number of hydroxylamine groups is 1. The van der Waals surface area contributed by atoms with Crippen LogP contribution in [0.3, 0.4) is 0 Å². The number of hydrogen-bond donors (Lipinski definition) is 3. The zero-order chi connectivity index (χ0) is 20.3. The first-order chi connectivity index (χ1) is 13.3.